The van der Waals surface area contributed by atoms with Gasteiger partial charge in [0, 0.05) is 84.0 Å². The van der Waals surface area contributed by atoms with Crippen molar-refractivity contribution in [3.63, 3.8) is 0 Å². The zero-order valence-electron chi connectivity index (χ0n) is 37.8. The normalized spacial score (nSPS) is 5.20. The SMILES string of the molecule is C.C.C.C.C.C.C.C.C.C.C.CC.CC.CC(C)=O.CC(C)=O.CC(C)=O.CNC(C)=O.CNC(C)=O.CNC(C)=O.CNC=O.COC.COC(C)=O.COC(C)=O.COC(C)=O. The zero-order valence-corrected chi connectivity index (χ0v) is 37.8. The van der Waals surface area contributed by atoms with Crippen molar-refractivity contribution in [2.75, 3.05) is 63.7 Å². The van der Waals surface area contributed by atoms with Crippen LogP contribution < -0.4 is 21.3 Å². The molecule has 64 heavy (non-hydrogen) atoms. The number of methoxy groups -OCH3 is 4. The Kier molecular flexibility index (Phi) is 494. The number of nitrogens with one attached hydrogen (secondary N) is 4. The summed E-state index contributed by atoms with van der Waals surface area (Å²) in [5.74, 6) is -0.222. The van der Waals surface area contributed by atoms with Gasteiger partial charge in [0.15, 0.2) is 0 Å². The second-order valence-electron chi connectivity index (χ2n) is 8.05. The van der Waals surface area contributed by atoms with E-state index >= 15 is 0 Å². The van der Waals surface area contributed by atoms with Crippen LogP contribution in [0.25, 0.3) is 0 Å². The first-order chi connectivity index (χ1) is 24.1. The second kappa shape index (κ2) is 195. The Morgan fingerprint density at radius 2 is 0.375 bits per heavy atom. The van der Waals surface area contributed by atoms with Crippen molar-refractivity contribution in [1.82, 2.24) is 21.3 Å². The fourth-order valence-electron chi connectivity index (χ4n) is 0. The van der Waals surface area contributed by atoms with E-state index in [9.17, 15) is 43.2 Å². The molecule has 4 amide bonds. The minimum atomic E-state index is -0.245. The molecule has 412 valence electrons. The Balaban J connectivity index is -0.0000000122. The van der Waals surface area contributed by atoms with Crippen LogP contribution in [0.2, 0.25) is 0 Å². The summed E-state index contributed by atoms with van der Waals surface area (Å²) in [5.41, 5.74) is 0. The first-order valence-corrected chi connectivity index (χ1v) is 15.8. The van der Waals surface area contributed by atoms with Gasteiger partial charge in [-0.25, -0.2) is 0 Å². The number of amides is 4. The van der Waals surface area contributed by atoms with E-state index in [-0.39, 0.29) is 135 Å². The Labute approximate surface area is 403 Å². The molecule has 4 N–H and O–H groups in total. The van der Waals surface area contributed by atoms with E-state index in [1.165, 1.54) is 104 Å². The molecular weight excluding hydrogens is 833 g/mol. The van der Waals surface area contributed by atoms with Gasteiger partial charge in [-0.05, 0) is 41.5 Å². The lowest BCUT2D eigenvalue weighted by Gasteiger charge is -1.80. The molecular formula is C46H124N4O14. The Morgan fingerprint density at radius 3 is 0.375 bits per heavy atom. The number of rotatable bonds is 1. The maximum atomic E-state index is 9.70. The minimum absolute atomic E-state index is 0. The van der Waals surface area contributed by atoms with E-state index < -0.39 is 0 Å². The largest absolute Gasteiger partial charge is 0.469 e. The van der Waals surface area contributed by atoms with Crippen LogP contribution >= 0.6 is 0 Å². The summed E-state index contributed by atoms with van der Waals surface area (Å²) < 4.78 is 16.6. The van der Waals surface area contributed by atoms with E-state index in [0.717, 1.165) is 0 Å². The number of hydrogen-bond acceptors (Lipinski definition) is 14. The van der Waals surface area contributed by atoms with Gasteiger partial charge in [-0.15, -0.1) is 0 Å². The Hall–Kier alpha value is -4.74. The summed E-state index contributed by atoms with van der Waals surface area (Å²) >= 11 is 0. The molecule has 0 aromatic carbocycles. The van der Waals surface area contributed by atoms with E-state index in [4.69, 9.17) is 4.79 Å². The highest BCUT2D eigenvalue weighted by atomic mass is 16.5. The summed E-state index contributed by atoms with van der Waals surface area (Å²) in [7, 11) is 13.7. The lowest BCUT2D eigenvalue weighted by Crippen LogP contribution is -2.11. The summed E-state index contributed by atoms with van der Waals surface area (Å²) in [5, 5.41) is 9.42. The number of ketones is 3. The summed E-state index contributed by atoms with van der Waals surface area (Å²) in [6.45, 7) is 25.7. The fourth-order valence-corrected chi connectivity index (χ4v) is 0. The van der Waals surface area contributed by atoms with Gasteiger partial charge in [-0.3, -0.25) is 33.6 Å². The van der Waals surface area contributed by atoms with Gasteiger partial charge >= 0.3 is 17.9 Å². The molecule has 0 bridgehead atoms. The molecule has 0 aromatic rings. The molecule has 0 aliphatic heterocycles. The van der Waals surface area contributed by atoms with Gasteiger partial charge in [0.25, 0.3) is 0 Å². The van der Waals surface area contributed by atoms with Crippen molar-refractivity contribution in [1.29, 1.82) is 0 Å². The van der Waals surface area contributed by atoms with Gasteiger partial charge in [0.2, 0.25) is 24.1 Å². The predicted molar refractivity (Wildman–Crippen MR) is 286 cm³/mol. The average molecular weight is 958 g/mol. The predicted octanol–water partition coefficient (Wildman–Crippen LogP) is 10.3. The third kappa shape index (κ3) is 2660. The number of carbonyl (C=O) groups is 10. The van der Waals surface area contributed by atoms with Crippen LogP contribution in [-0.4, -0.2) is 123 Å². The average Bonchev–Trinajstić information content (AvgIpc) is 3.07. The van der Waals surface area contributed by atoms with Crippen molar-refractivity contribution >= 4 is 59.4 Å². The highest BCUT2D eigenvalue weighted by Gasteiger charge is 1.77. The molecule has 18 nitrogen and oxygen atoms in total. The monoisotopic (exact) mass is 957 g/mol. The molecule has 0 unspecified atom stereocenters. The second-order valence-corrected chi connectivity index (χ2v) is 8.05. The maximum absolute atomic E-state index is 9.70. The highest BCUT2D eigenvalue weighted by molar-refractivity contribution is 5.73. The van der Waals surface area contributed by atoms with Crippen LogP contribution in [0.15, 0.2) is 0 Å². The third-order valence-electron chi connectivity index (χ3n) is 2.04. The Morgan fingerprint density at radius 1 is 0.328 bits per heavy atom. The molecule has 0 saturated carbocycles. The number of carbonyl (C=O) groups excluding carboxylic acids is 10. The minimum Gasteiger partial charge on any atom is -0.469 e. The van der Waals surface area contributed by atoms with E-state index in [2.05, 4.69) is 40.2 Å². The lowest BCUT2D eigenvalue weighted by atomic mass is 10.6. The zero-order chi connectivity index (χ0) is 46.6. The van der Waals surface area contributed by atoms with Gasteiger partial charge in [-0.2, -0.15) is 0 Å². The standard InChI is InChI=1S/3C3H7NO.3C3H6O2.3C3H6O.C2H5NO.C2H6O.2C2H6.11CH4/c3*1-3(5)4-2;3*1-3(4)5-2;3*1-3(2)4;1-3-2-4;1-3-2;2*1-2;;;;;;;;;;;/h3*1-2H3,(H,4,5);3*1-2H3;3*1-2H3;2H,1H3,(H,3,4);1-2H3;2*1-2H3;11*1H4. The van der Waals surface area contributed by atoms with Crippen LogP contribution in [0.1, 0.15) is 192 Å². The lowest BCUT2D eigenvalue weighted by molar-refractivity contribution is -0.138. The number of Topliss-reactive ketones (excluding diaryl/α,β-unsaturated/α-hetero) is 3. The molecule has 0 rings (SSSR count). The molecule has 0 saturated heterocycles. The first kappa shape index (κ1) is 162. The summed E-state index contributed by atoms with van der Waals surface area (Å²) in [6, 6.07) is 0. The van der Waals surface area contributed by atoms with Crippen molar-refractivity contribution in [3.05, 3.63) is 0 Å². The molecule has 18 heteroatoms. The highest BCUT2D eigenvalue weighted by Crippen LogP contribution is 1.61. The number of hydrogen-bond donors (Lipinski definition) is 4. The molecule has 0 radical (unpaired) electrons. The number of esters is 3. The summed E-state index contributed by atoms with van der Waals surface area (Å²) in [6.07, 6.45) is 0.625. The van der Waals surface area contributed by atoms with Crippen molar-refractivity contribution in [2.24, 2.45) is 0 Å². The van der Waals surface area contributed by atoms with Crippen molar-refractivity contribution in [2.45, 2.75) is 192 Å². The van der Waals surface area contributed by atoms with Crippen molar-refractivity contribution in [3.8, 4) is 0 Å². The number of ether oxygens (including phenoxy) is 4. The van der Waals surface area contributed by atoms with Crippen LogP contribution in [0.4, 0.5) is 0 Å². The topological polar surface area (TPSA) is 256 Å². The Bertz CT molecular complexity index is 664. The first-order valence-electron chi connectivity index (χ1n) is 15.8. The maximum Gasteiger partial charge on any atom is 0.302 e. The molecule has 0 spiro atoms. The van der Waals surface area contributed by atoms with E-state index in [0.29, 0.717) is 6.41 Å². The molecule has 0 fully saturated rings. The van der Waals surface area contributed by atoms with Crippen LogP contribution in [0.3, 0.4) is 0 Å². The molecule has 0 aromatic heterocycles. The van der Waals surface area contributed by atoms with Crippen molar-refractivity contribution < 1.29 is 66.9 Å². The third-order valence-corrected chi connectivity index (χ3v) is 2.04. The summed E-state index contributed by atoms with van der Waals surface area (Å²) in [4.78, 5) is 95.3. The van der Waals surface area contributed by atoms with Gasteiger partial charge in [0.1, 0.15) is 17.3 Å². The smallest absolute Gasteiger partial charge is 0.302 e. The molecule has 0 heterocycles. The van der Waals surface area contributed by atoms with Gasteiger partial charge in [0.05, 0.1) is 21.3 Å². The molecule has 0 atom stereocenters. The van der Waals surface area contributed by atoms with E-state index in [1.807, 2.05) is 27.7 Å². The van der Waals surface area contributed by atoms with Crippen LogP contribution in [-0.2, 0) is 66.9 Å². The fraction of sp³-hybridized carbons (Fsp3) is 0.783. The molecule has 0 aliphatic carbocycles. The van der Waals surface area contributed by atoms with Gasteiger partial charge in [-0.1, -0.05) is 109 Å². The quantitative estimate of drug-likeness (QED) is 0.108. The van der Waals surface area contributed by atoms with Gasteiger partial charge < -0.3 is 54.6 Å². The molecule has 0 aliphatic rings. The van der Waals surface area contributed by atoms with Crippen LogP contribution in [0, 0.1) is 0 Å². The van der Waals surface area contributed by atoms with E-state index in [1.54, 1.807) is 42.4 Å². The van der Waals surface area contributed by atoms with Crippen LogP contribution in [0.5, 0.6) is 0 Å².